The average molecular weight is 441 g/mol. The van der Waals surface area contributed by atoms with Crippen LogP contribution in [0.3, 0.4) is 0 Å². The number of carbonyl (C=O) groups is 2. The molecule has 11 heteroatoms. The van der Waals surface area contributed by atoms with Gasteiger partial charge >= 0.3 is 18.0 Å². The Morgan fingerprint density at radius 1 is 1.03 bits per heavy atom. The van der Waals surface area contributed by atoms with Gasteiger partial charge in [-0.05, 0) is 49.2 Å². The van der Waals surface area contributed by atoms with E-state index in [2.05, 4.69) is 10.6 Å². The van der Waals surface area contributed by atoms with Gasteiger partial charge in [0.05, 0.1) is 17.0 Å². The van der Waals surface area contributed by atoms with Crippen molar-refractivity contribution in [2.24, 2.45) is 0 Å². The normalized spacial score (nSPS) is 15.7. The van der Waals surface area contributed by atoms with E-state index in [0.717, 1.165) is 18.2 Å². The zero-order chi connectivity index (χ0) is 22.1. The molecule has 1 heterocycles. The lowest BCUT2D eigenvalue weighted by atomic mass is 10.1. The van der Waals surface area contributed by atoms with Gasteiger partial charge in [0, 0.05) is 17.9 Å². The number of sulfonamides is 1. The van der Waals surface area contributed by atoms with Crippen LogP contribution >= 0.6 is 0 Å². The molecule has 1 aliphatic rings. The lowest BCUT2D eigenvalue weighted by molar-refractivity contribution is -0.137. The van der Waals surface area contributed by atoms with Gasteiger partial charge in [0.15, 0.2) is 0 Å². The zero-order valence-electron chi connectivity index (χ0n) is 15.8. The molecule has 2 amide bonds. The average Bonchev–Trinajstić information content (AvgIpc) is 3.02. The van der Waals surface area contributed by atoms with Gasteiger partial charge in [0.2, 0.25) is 10.0 Å². The third-order valence-electron chi connectivity index (χ3n) is 4.51. The van der Waals surface area contributed by atoms with Crippen LogP contribution in [-0.2, 0) is 25.8 Å². The first-order chi connectivity index (χ1) is 14.0. The van der Waals surface area contributed by atoms with Gasteiger partial charge in [-0.3, -0.25) is 13.9 Å². The first-order valence-corrected chi connectivity index (χ1v) is 10.5. The van der Waals surface area contributed by atoms with Gasteiger partial charge in [0.1, 0.15) is 0 Å². The number of halogens is 3. The van der Waals surface area contributed by atoms with E-state index in [1.165, 1.54) is 16.4 Å². The summed E-state index contributed by atoms with van der Waals surface area (Å²) in [5, 5.41) is 4.49. The highest BCUT2D eigenvalue weighted by Crippen LogP contribution is 2.31. The summed E-state index contributed by atoms with van der Waals surface area (Å²) in [6.45, 7) is 1.97. The molecule has 1 aliphatic heterocycles. The third kappa shape index (κ3) is 4.73. The highest BCUT2D eigenvalue weighted by atomic mass is 32.2. The number of benzene rings is 2. The Morgan fingerprint density at radius 2 is 1.73 bits per heavy atom. The molecule has 0 radical (unpaired) electrons. The van der Waals surface area contributed by atoms with Crippen LogP contribution in [0.2, 0.25) is 0 Å². The van der Waals surface area contributed by atoms with E-state index in [1.807, 2.05) is 0 Å². The molecule has 1 saturated heterocycles. The fraction of sp³-hybridized carbons (Fsp3) is 0.263. The van der Waals surface area contributed by atoms with Crippen molar-refractivity contribution in [1.82, 2.24) is 0 Å². The lowest BCUT2D eigenvalue weighted by Crippen LogP contribution is -2.30. The molecule has 2 N–H and O–H groups in total. The van der Waals surface area contributed by atoms with Gasteiger partial charge in [-0.1, -0.05) is 12.1 Å². The molecular weight excluding hydrogens is 423 g/mol. The van der Waals surface area contributed by atoms with Crippen molar-refractivity contribution in [3.05, 3.63) is 53.6 Å². The van der Waals surface area contributed by atoms with E-state index in [4.69, 9.17) is 0 Å². The molecule has 2 aromatic rings. The Kier molecular flexibility index (Phi) is 5.75. The van der Waals surface area contributed by atoms with Gasteiger partial charge in [-0.25, -0.2) is 8.42 Å². The van der Waals surface area contributed by atoms with Gasteiger partial charge < -0.3 is 10.6 Å². The first-order valence-electron chi connectivity index (χ1n) is 8.88. The highest BCUT2D eigenvalue weighted by molar-refractivity contribution is 7.93. The van der Waals surface area contributed by atoms with Crippen LogP contribution in [0.4, 0.5) is 30.2 Å². The predicted octanol–water partition coefficient (Wildman–Crippen LogP) is 3.13. The minimum absolute atomic E-state index is 0.0297. The van der Waals surface area contributed by atoms with Crippen molar-refractivity contribution in [1.29, 1.82) is 0 Å². The molecule has 1 fully saturated rings. The minimum Gasteiger partial charge on any atom is -0.318 e. The number of aryl methyl sites for hydroxylation is 1. The van der Waals surface area contributed by atoms with E-state index in [1.54, 1.807) is 19.1 Å². The Labute approximate surface area is 170 Å². The van der Waals surface area contributed by atoms with E-state index >= 15 is 0 Å². The molecule has 0 unspecified atom stereocenters. The second-order valence-electron chi connectivity index (χ2n) is 6.73. The standard InChI is InChI=1S/C19H18F3N3O4S/c1-12-6-7-15(25-8-3-9-30(25,28)29)11-16(12)24-18(27)17(26)23-14-5-2-4-13(10-14)19(20,21)22/h2,4-7,10-11H,3,8-9H2,1H3,(H,23,26)(H,24,27). The number of anilines is 3. The van der Waals surface area contributed by atoms with Crippen molar-refractivity contribution in [2.45, 2.75) is 19.5 Å². The summed E-state index contributed by atoms with van der Waals surface area (Å²) in [5.41, 5.74) is 0.00993. The van der Waals surface area contributed by atoms with Crippen LogP contribution in [0.15, 0.2) is 42.5 Å². The summed E-state index contributed by atoms with van der Waals surface area (Å²) >= 11 is 0. The van der Waals surface area contributed by atoms with Crippen molar-refractivity contribution >= 4 is 38.9 Å². The van der Waals surface area contributed by atoms with E-state index in [9.17, 15) is 31.2 Å². The Bertz CT molecular complexity index is 1100. The fourth-order valence-electron chi connectivity index (χ4n) is 2.97. The van der Waals surface area contributed by atoms with Crippen LogP contribution < -0.4 is 14.9 Å². The number of amides is 2. The summed E-state index contributed by atoms with van der Waals surface area (Å²) in [6, 6.07) is 8.53. The summed E-state index contributed by atoms with van der Waals surface area (Å²) in [4.78, 5) is 24.4. The minimum atomic E-state index is -4.59. The number of rotatable bonds is 3. The molecule has 0 atom stereocenters. The summed E-state index contributed by atoms with van der Waals surface area (Å²) in [5.74, 6) is -2.23. The van der Waals surface area contributed by atoms with Gasteiger partial charge in [-0.2, -0.15) is 13.2 Å². The SMILES string of the molecule is Cc1ccc(N2CCCS2(=O)=O)cc1NC(=O)C(=O)Nc1cccc(C(F)(F)F)c1. The van der Waals surface area contributed by atoms with Crippen LogP contribution in [0, 0.1) is 6.92 Å². The number of hydrogen-bond donors (Lipinski definition) is 2. The monoisotopic (exact) mass is 441 g/mol. The van der Waals surface area contributed by atoms with Crippen LogP contribution in [-0.4, -0.2) is 32.5 Å². The summed E-state index contributed by atoms with van der Waals surface area (Å²) in [7, 11) is -3.42. The molecule has 2 aromatic carbocycles. The molecule has 0 aromatic heterocycles. The molecule has 3 rings (SSSR count). The Hall–Kier alpha value is -3.08. The van der Waals surface area contributed by atoms with Crippen molar-refractivity contribution in [3.63, 3.8) is 0 Å². The molecule has 30 heavy (non-hydrogen) atoms. The maximum absolute atomic E-state index is 12.8. The highest BCUT2D eigenvalue weighted by Gasteiger charge is 2.31. The smallest absolute Gasteiger partial charge is 0.318 e. The quantitative estimate of drug-likeness (QED) is 0.716. The van der Waals surface area contributed by atoms with Crippen molar-refractivity contribution in [3.8, 4) is 0 Å². The molecule has 0 spiro atoms. The van der Waals surface area contributed by atoms with Crippen LogP contribution in [0.5, 0.6) is 0 Å². The third-order valence-corrected chi connectivity index (χ3v) is 6.38. The summed E-state index contributed by atoms with van der Waals surface area (Å²) < 4.78 is 63.7. The molecule has 0 bridgehead atoms. The molecule has 0 aliphatic carbocycles. The maximum Gasteiger partial charge on any atom is 0.416 e. The number of carbonyl (C=O) groups excluding carboxylic acids is 2. The molecule has 160 valence electrons. The molecule has 0 saturated carbocycles. The Balaban J connectivity index is 1.74. The Morgan fingerprint density at radius 3 is 2.37 bits per heavy atom. The largest absolute Gasteiger partial charge is 0.416 e. The zero-order valence-corrected chi connectivity index (χ0v) is 16.6. The summed E-state index contributed by atoms with van der Waals surface area (Å²) in [6.07, 6.45) is -4.10. The van der Waals surface area contributed by atoms with Crippen LogP contribution in [0.25, 0.3) is 0 Å². The number of alkyl halides is 3. The van der Waals surface area contributed by atoms with Crippen molar-refractivity contribution < 1.29 is 31.2 Å². The maximum atomic E-state index is 12.8. The number of nitrogens with zero attached hydrogens (tertiary/aromatic N) is 1. The van der Waals surface area contributed by atoms with Crippen LogP contribution in [0.1, 0.15) is 17.5 Å². The van der Waals surface area contributed by atoms with E-state index < -0.39 is 33.6 Å². The second kappa shape index (κ2) is 7.98. The van der Waals surface area contributed by atoms with E-state index in [0.29, 0.717) is 24.2 Å². The molecule has 7 nitrogen and oxygen atoms in total. The number of nitrogens with one attached hydrogen (secondary N) is 2. The molecular formula is C19H18F3N3O4S. The van der Waals surface area contributed by atoms with Gasteiger partial charge in [0.25, 0.3) is 0 Å². The topological polar surface area (TPSA) is 95.6 Å². The lowest BCUT2D eigenvalue weighted by Gasteiger charge is -2.19. The number of hydrogen-bond acceptors (Lipinski definition) is 4. The second-order valence-corrected chi connectivity index (χ2v) is 8.74. The van der Waals surface area contributed by atoms with Crippen molar-refractivity contribution in [2.75, 3.05) is 27.2 Å². The first kappa shape index (κ1) is 21.6. The fourth-order valence-corrected chi connectivity index (χ4v) is 4.53. The van der Waals surface area contributed by atoms with Gasteiger partial charge in [-0.15, -0.1) is 0 Å². The predicted molar refractivity (Wildman–Crippen MR) is 106 cm³/mol. The van der Waals surface area contributed by atoms with E-state index in [-0.39, 0.29) is 17.1 Å².